The van der Waals surface area contributed by atoms with Gasteiger partial charge in [-0.25, -0.2) is 0 Å². The fourth-order valence-electron chi connectivity index (χ4n) is 3.62. The highest BCUT2D eigenvalue weighted by molar-refractivity contribution is 7.81. The molecule has 0 aliphatic rings. The Morgan fingerprint density at radius 3 is 1.71 bits per heavy atom. The molecule has 1 aromatic carbocycles. The Hall–Kier alpha value is -1.16. The molecular weight excluding hydrogens is 368 g/mol. The van der Waals surface area contributed by atoms with E-state index in [2.05, 4.69) is 24.8 Å². The second-order valence-electron chi connectivity index (χ2n) is 7.95. The van der Waals surface area contributed by atoms with Crippen LogP contribution >= 0.6 is 12.6 Å². The minimum atomic E-state index is -0.214. The molecule has 1 rings (SSSR count). The second-order valence-corrected chi connectivity index (χ2v) is 8.27. The Balaban J connectivity index is 1.85. The maximum Gasteiger partial charge on any atom is 0.315 e. The zero-order valence-corrected chi connectivity index (χ0v) is 18.9. The molecule has 0 amide bonds. The van der Waals surface area contributed by atoms with Gasteiger partial charge in [0.25, 0.3) is 0 Å². The van der Waals surface area contributed by atoms with Crippen molar-refractivity contribution >= 4 is 18.6 Å². The molecule has 0 spiro atoms. The zero-order valence-electron chi connectivity index (χ0n) is 18.0. The highest BCUT2D eigenvalue weighted by Gasteiger charge is 2.03. The van der Waals surface area contributed by atoms with E-state index in [-0.39, 0.29) is 11.7 Å². The van der Waals surface area contributed by atoms with E-state index in [4.69, 9.17) is 4.74 Å². The van der Waals surface area contributed by atoms with Crippen LogP contribution in [0.15, 0.2) is 12.1 Å². The Kier molecular flexibility index (Phi) is 14.0. The normalized spacial score (nSPS) is 11.0. The number of thiol groups is 1. The molecule has 28 heavy (non-hydrogen) atoms. The third-order valence-corrected chi connectivity index (χ3v) is 5.56. The number of hydrogen-bond donors (Lipinski definition) is 2. The predicted molar refractivity (Wildman–Crippen MR) is 122 cm³/mol. The molecule has 1 aromatic rings. The van der Waals surface area contributed by atoms with Crippen LogP contribution in [0.3, 0.4) is 0 Å². The smallest absolute Gasteiger partial charge is 0.315 e. The van der Waals surface area contributed by atoms with Crippen LogP contribution in [0.1, 0.15) is 93.7 Å². The van der Waals surface area contributed by atoms with Crippen molar-refractivity contribution in [1.29, 1.82) is 0 Å². The number of aromatic hydroxyl groups is 1. The SMILES string of the molecule is Cc1cc(CCCCCCCCCCCCCCOC(=O)CS)cc(C)c1O. The van der Waals surface area contributed by atoms with E-state index in [0.717, 1.165) is 30.4 Å². The van der Waals surface area contributed by atoms with Gasteiger partial charge in [0.15, 0.2) is 0 Å². The fraction of sp³-hybridized carbons (Fsp3) is 0.708. The van der Waals surface area contributed by atoms with Crippen molar-refractivity contribution in [2.45, 2.75) is 97.3 Å². The fourth-order valence-corrected chi connectivity index (χ4v) is 3.71. The van der Waals surface area contributed by atoms with Gasteiger partial charge >= 0.3 is 5.97 Å². The van der Waals surface area contributed by atoms with Gasteiger partial charge in [-0.3, -0.25) is 4.79 Å². The Bertz CT molecular complexity index is 534. The molecule has 0 saturated carbocycles. The Labute approximate surface area is 177 Å². The van der Waals surface area contributed by atoms with E-state index in [1.807, 2.05) is 13.8 Å². The molecule has 0 saturated heterocycles. The lowest BCUT2D eigenvalue weighted by atomic mass is 10.00. The number of ether oxygens (including phenoxy) is 1. The summed E-state index contributed by atoms with van der Waals surface area (Å²) >= 11 is 3.88. The molecule has 0 bridgehead atoms. The van der Waals surface area contributed by atoms with Crippen LogP contribution in [0.2, 0.25) is 0 Å². The molecule has 4 heteroatoms. The monoisotopic (exact) mass is 408 g/mol. The number of rotatable bonds is 16. The van der Waals surface area contributed by atoms with E-state index in [1.165, 1.54) is 69.8 Å². The number of benzene rings is 1. The van der Waals surface area contributed by atoms with Crippen LogP contribution in [0.4, 0.5) is 0 Å². The Morgan fingerprint density at radius 1 is 0.821 bits per heavy atom. The van der Waals surface area contributed by atoms with E-state index < -0.39 is 0 Å². The minimum absolute atomic E-state index is 0.178. The summed E-state index contributed by atoms with van der Waals surface area (Å²) in [4.78, 5) is 10.9. The van der Waals surface area contributed by atoms with Gasteiger partial charge in [-0.1, -0.05) is 76.3 Å². The van der Waals surface area contributed by atoms with Crippen LogP contribution in [0.5, 0.6) is 5.75 Å². The molecule has 1 N–H and O–H groups in total. The average molecular weight is 409 g/mol. The van der Waals surface area contributed by atoms with Gasteiger partial charge in [-0.05, 0) is 49.8 Å². The Morgan fingerprint density at radius 2 is 1.25 bits per heavy atom. The van der Waals surface area contributed by atoms with Crippen LogP contribution in [0.25, 0.3) is 0 Å². The van der Waals surface area contributed by atoms with Gasteiger partial charge in [-0.2, -0.15) is 12.6 Å². The highest BCUT2D eigenvalue weighted by Crippen LogP contribution is 2.24. The first-order chi connectivity index (χ1) is 13.5. The first-order valence-corrected chi connectivity index (χ1v) is 11.7. The number of phenolic OH excluding ortho intramolecular Hbond substituents is 1. The van der Waals surface area contributed by atoms with Gasteiger partial charge in [0.2, 0.25) is 0 Å². The highest BCUT2D eigenvalue weighted by atomic mass is 32.1. The molecule has 160 valence electrons. The standard InChI is InChI=1S/C24H40O3S/c1-20-17-22(18-21(2)24(20)26)15-13-11-9-7-5-3-4-6-8-10-12-14-16-27-23(25)19-28/h17-18,26,28H,3-16,19H2,1-2H3. The number of phenols is 1. The van der Waals surface area contributed by atoms with Crippen LogP contribution in [-0.4, -0.2) is 23.4 Å². The number of hydrogen-bond acceptors (Lipinski definition) is 4. The summed E-state index contributed by atoms with van der Waals surface area (Å²) in [5.74, 6) is 0.407. The molecule has 0 heterocycles. The minimum Gasteiger partial charge on any atom is -0.507 e. The number of carbonyl (C=O) groups is 1. The topological polar surface area (TPSA) is 46.5 Å². The van der Waals surface area contributed by atoms with Gasteiger partial charge in [0, 0.05) is 0 Å². The summed E-state index contributed by atoms with van der Waals surface area (Å²) in [5, 5.41) is 9.83. The summed E-state index contributed by atoms with van der Waals surface area (Å²) in [6.45, 7) is 4.51. The molecule has 3 nitrogen and oxygen atoms in total. The first-order valence-electron chi connectivity index (χ1n) is 11.1. The van der Waals surface area contributed by atoms with Crippen LogP contribution in [-0.2, 0) is 16.0 Å². The summed E-state index contributed by atoms with van der Waals surface area (Å²) in [7, 11) is 0. The van der Waals surface area contributed by atoms with Crippen molar-refractivity contribution in [1.82, 2.24) is 0 Å². The summed E-state index contributed by atoms with van der Waals surface area (Å²) < 4.78 is 5.01. The van der Waals surface area contributed by atoms with Crippen LogP contribution < -0.4 is 0 Å². The van der Waals surface area contributed by atoms with Gasteiger partial charge in [-0.15, -0.1) is 0 Å². The average Bonchev–Trinajstić information content (AvgIpc) is 2.68. The molecule has 0 aliphatic heterocycles. The first kappa shape index (κ1) is 24.9. The maximum absolute atomic E-state index is 10.9. The lowest BCUT2D eigenvalue weighted by Gasteiger charge is -2.08. The van der Waals surface area contributed by atoms with Gasteiger partial charge in [0.1, 0.15) is 5.75 Å². The van der Waals surface area contributed by atoms with E-state index in [9.17, 15) is 9.90 Å². The molecule has 0 aliphatic carbocycles. The lowest BCUT2D eigenvalue weighted by Crippen LogP contribution is -2.06. The molecule has 0 aromatic heterocycles. The van der Waals surface area contributed by atoms with Gasteiger partial charge in [0.05, 0.1) is 12.4 Å². The van der Waals surface area contributed by atoms with Crippen molar-refractivity contribution in [2.24, 2.45) is 0 Å². The summed E-state index contributed by atoms with van der Waals surface area (Å²) in [6, 6.07) is 4.24. The van der Waals surface area contributed by atoms with Crippen molar-refractivity contribution in [3.05, 3.63) is 28.8 Å². The number of unbranched alkanes of at least 4 members (excludes halogenated alkanes) is 11. The number of aryl methyl sites for hydroxylation is 3. The van der Waals surface area contributed by atoms with Crippen LogP contribution in [0, 0.1) is 13.8 Å². The second kappa shape index (κ2) is 15.7. The third-order valence-electron chi connectivity index (χ3n) is 5.30. The van der Waals surface area contributed by atoms with E-state index >= 15 is 0 Å². The number of carbonyl (C=O) groups excluding carboxylic acids is 1. The van der Waals surface area contributed by atoms with Crippen molar-refractivity contribution < 1.29 is 14.6 Å². The third kappa shape index (κ3) is 11.6. The maximum atomic E-state index is 10.9. The van der Waals surface area contributed by atoms with Crippen molar-refractivity contribution in [2.75, 3.05) is 12.4 Å². The summed E-state index contributed by atoms with van der Waals surface area (Å²) in [6.07, 6.45) is 16.4. The van der Waals surface area contributed by atoms with E-state index in [1.54, 1.807) is 0 Å². The molecule has 0 radical (unpaired) electrons. The lowest BCUT2D eigenvalue weighted by molar-refractivity contribution is -0.140. The van der Waals surface area contributed by atoms with E-state index in [0.29, 0.717) is 12.4 Å². The zero-order chi connectivity index (χ0) is 20.6. The largest absolute Gasteiger partial charge is 0.507 e. The molecular formula is C24H40O3S. The molecule has 0 fully saturated rings. The molecule has 0 atom stereocenters. The van der Waals surface area contributed by atoms with Crippen molar-refractivity contribution in [3.63, 3.8) is 0 Å². The molecule has 0 unspecified atom stereocenters. The number of esters is 1. The van der Waals surface area contributed by atoms with Gasteiger partial charge < -0.3 is 9.84 Å². The van der Waals surface area contributed by atoms with Crippen molar-refractivity contribution in [3.8, 4) is 5.75 Å². The quantitative estimate of drug-likeness (QED) is 0.182. The summed E-state index contributed by atoms with van der Waals surface area (Å²) in [5.41, 5.74) is 3.34. The predicted octanol–water partition coefficient (Wildman–Crippen LogP) is 6.71.